The van der Waals surface area contributed by atoms with Gasteiger partial charge >= 0.3 is 0 Å². The smallest absolute Gasteiger partial charge is 0.148 e. The van der Waals surface area contributed by atoms with Crippen LogP contribution < -0.4 is 4.74 Å². The number of hydrogen-bond acceptors (Lipinski definition) is 1. The van der Waals surface area contributed by atoms with E-state index in [0.29, 0.717) is 15.8 Å². The van der Waals surface area contributed by atoms with Crippen LogP contribution in [0.1, 0.15) is 0 Å². The van der Waals surface area contributed by atoms with Gasteiger partial charge in [-0.2, -0.15) is 0 Å². The van der Waals surface area contributed by atoms with E-state index in [-0.39, 0.29) is 6.61 Å². The van der Waals surface area contributed by atoms with Crippen LogP contribution in [0.2, 0.25) is 10.0 Å². The van der Waals surface area contributed by atoms with Gasteiger partial charge in [-0.3, -0.25) is 0 Å². The molecule has 0 aliphatic rings. The topological polar surface area (TPSA) is 9.23 Å². The van der Waals surface area contributed by atoms with Gasteiger partial charge in [0, 0.05) is 6.07 Å². The highest BCUT2D eigenvalue weighted by molar-refractivity contribution is 6.35. The van der Waals surface area contributed by atoms with Gasteiger partial charge in [-0.05, 0) is 12.1 Å². The number of terminal acetylenes is 1. The second kappa shape index (κ2) is 4.25. The molecule has 0 N–H and O–H groups in total. The van der Waals surface area contributed by atoms with Crippen LogP contribution in [0.15, 0.2) is 12.1 Å². The molecule has 1 aromatic rings. The molecule has 0 fully saturated rings. The molecule has 1 nitrogen and oxygen atoms in total. The minimum Gasteiger partial charge on any atom is -0.479 e. The zero-order valence-corrected chi connectivity index (χ0v) is 7.62. The standard InChI is InChI=1S/C9H5Cl2O/c1-2-5-12-9-4-3-7(10)6-8(9)11/h1,4,6H,5H2. The van der Waals surface area contributed by atoms with Crippen LogP contribution in [0.3, 0.4) is 0 Å². The predicted octanol–water partition coefficient (Wildman–Crippen LogP) is 2.81. The van der Waals surface area contributed by atoms with Crippen molar-refractivity contribution in [3.8, 4) is 18.1 Å². The molecule has 0 aliphatic carbocycles. The third-order valence-corrected chi connectivity index (χ3v) is 1.65. The molecule has 12 heavy (non-hydrogen) atoms. The van der Waals surface area contributed by atoms with Crippen LogP contribution in [0.4, 0.5) is 0 Å². The van der Waals surface area contributed by atoms with Gasteiger partial charge in [-0.25, -0.2) is 0 Å². The van der Waals surface area contributed by atoms with Crippen LogP contribution >= 0.6 is 23.2 Å². The lowest BCUT2D eigenvalue weighted by Gasteiger charge is -2.03. The van der Waals surface area contributed by atoms with Gasteiger partial charge in [0.25, 0.3) is 0 Å². The number of halogens is 2. The van der Waals surface area contributed by atoms with Crippen molar-refractivity contribution in [1.82, 2.24) is 0 Å². The van der Waals surface area contributed by atoms with Gasteiger partial charge < -0.3 is 4.74 Å². The molecule has 1 aromatic carbocycles. The molecule has 0 amide bonds. The van der Waals surface area contributed by atoms with Crippen molar-refractivity contribution < 1.29 is 4.74 Å². The average Bonchev–Trinajstić information content (AvgIpc) is 2.03. The van der Waals surface area contributed by atoms with E-state index in [4.69, 9.17) is 34.4 Å². The summed E-state index contributed by atoms with van der Waals surface area (Å²) in [5.74, 6) is 2.83. The summed E-state index contributed by atoms with van der Waals surface area (Å²) in [6.07, 6.45) is 5.00. The van der Waals surface area contributed by atoms with E-state index in [1.807, 2.05) is 0 Å². The first kappa shape index (κ1) is 9.25. The van der Waals surface area contributed by atoms with Crippen LogP contribution in [-0.2, 0) is 0 Å². The molecule has 61 valence electrons. The maximum absolute atomic E-state index is 5.77. The van der Waals surface area contributed by atoms with Gasteiger partial charge in [0.2, 0.25) is 0 Å². The first-order chi connectivity index (χ1) is 5.74. The normalized spacial score (nSPS) is 9.08. The Morgan fingerprint density at radius 2 is 2.33 bits per heavy atom. The van der Waals surface area contributed by atoms with E-state index in [2.05, 4.69) is 12.0 Å². The van der Waals surface area contributed by atoms with Gasteiger partial charge in [0.1, 0.15) is 12.4 Å². The lowest BCUT2D eigenvalue weighted by Crippen LogP contribution is -1.93. The molecule has 0 atom stereocenters. The average molecular weight is 200 g/mol. The molecule has 1 radical (unpaired) electrons. The minimum atomic E-state index is 0.190. The van der Waals surface area contributed by atoms with Crippen LogP contribution in [-0.4, -0.2) is 6.61 Å². The van der Waals surface area contributed by atoms with Gasteiger partial charge in [-0.15, -0.1) is 6.42 Å². The summed E-state index contributed by atoms with van der Waals surface area (Å²) in [6.45, 7) is 0.190. The summed E-state index contributed by atoms with van der Waals surface area (Å²) in [5, 5.41) is 0.891. The summed E-state index contributed by atoms with van der Waals surface area (Å²) >= 11 is 11.4. The second-order valence-corrected chi connectivity index (χ2v) is 2.80. The van der Waals surface area contributed by atoms with Gasteiger partial charge in [0.05, 0.1) is 10.0 Å². The van der Waals surface area contributed by atoms with Gasteiger partial charge in [0.15, 0.2) is 0 Å². The number of rotatable bonds is 2. The zero-order valence-electron chi connectivity index (χ0n) is 6.10. The molecule has 0 unspecified atom stereocenters. The summed E-state index contributed by atoms with van der Waals surface area (Å²) < 4.78 is 5.08. The molecule has 0 bridgehead atoms. The number of ether oxygens (including phenoxy) is 1. The maximum Gasteiger partial charge on any atom is 0.148 e. The summed E-state index contributed by atoms with van der Waals surface area (Å²) in [7, 11) is 0. The highest BCUT2D eigenvalue weighted by Gasteiger charge is 2.00. The molecule has 3 heteroatoms. The molecule has 0 saturated carbocycles. The first-order valence-corrected chi connectivity index (χ1v) is 3.92. The van der Waals surface area contributed by atoms with Crippen molar-refractivity contribution in [2.75, 3.05) is 6.61 Å². The highest BCUT2D eigenvalue weighted by atomic mass is 35.5. The number of hydrogen-bond donors (Lipinski definition) is 0. The molecule has 0 spiro atoms. The Balaban J connectivity index is 2.81. The van der Waals surface area contributed by atoms with E-state index < -0.39 is 0 Å². The lowest BCUT2D eigenvalue weighted by atomic mass is 10.3. The van der Waals surface area contributed by atoms with Gasteiger partial charge in [-0.1, -0.05) is 29.1 Å². The Morgan fingerprint density at radius 1 is 1.58 bits per heavy atom. The molecular weight excluding hydrogens is 195 g/mol. The summed E-state index contributed by atoms with van der Waals surface area (Å²) in [4.78, 5) is 0. The van der Waals surface area contributed by atoms with Crippen LogP contribution in [0, 0.1) is 18.4 Å². The van der Waals surface area contributed by atoms with Crippen LogP contribution in [0.5, 0.6) is 5.75 Å². The van der Waals surface area contributed by atoms with Crippen LogP contribution in [0.25, 0.3) is 0 Å². The number of benzene rings is 1. The first-order valence-electron chi connectivity index (χ1n) is 3.17. The highest BCUT2D eigenvalue weighted by Crippen LogP contribution is 2.26. The third kappa shape index (κ3) is 2.34. The molecule has 0 heterocycles. The third-order valence-electron chi connectivity index (χ3n) is 1.14. The van der Waals surface area contributed by atoms with Crippen molar-refractivity contribution >= 4 is 23.2 Å². The largest absolute Gasteiger partial charge is 0.479 e. The lowest BCUT2D eigenvalue weighted by molar-refractivity contribution is 0.370. The molecule has 0 aromatic heterocycles. The minimum absolute atomic E-state index is 0.190. The van der Waals surface area contributed by atoms with E-state index in [0.717, 1.165) is 0 Å². The fourth-order valence-electron chi connectivity index (χ4n) is 0.658. The molecular formula is C9H5Cl2O. The van der Waals surface area contributed by atoms with Crippen molar-refractivity contribution in [2.45, 2.75) is 0 Å². The van der Waals surface area contributed by atoms with E-state index in [9.17, 15) is 0 Å². The van der Waals surface area contributed by atoms with Crippen molar-refractivity contribution in [3.05, 3.63) is 28.2 Å². The fourth-order valence-corrected chi connectivity index (χ4v) is 1.10. The van der Waals surface area contributed by atoms with Crippen molar-refractivity contribution in [1.29, 1.82) is 0 Å². The Hall–Kier alpha value is -0.840. The molecule has 0 saturated heterocycles. The molecule has 0 aliphatic heterocycles. The van der Waals surface area contributed by atoms with E-state index in [1.54, 1.807) is 12.1 Å². The Morgan fingerprint density at radius 3 is 2.92 bits per heavy atom. The zero-order chi connectivity index (χ0) is 8.97. The van der Waals surface area contributed by atoms with E-state index >= 15 is 0 Å². The second-order valence-electron chi connectivity index (χ2n) is 1.99. The Kier molecular flexibility index (Phi) is 3.28. The predicted molar refractivity (Wildman–Crippen MR) is 49.6 cm³/mol. The summed E-state index contributed by atoms with van der Waals surface area (Å²) in [6, 6.07) is 5.85. The fraction of sp³-hybridized carbons (Fsp3) is 0.111. The SMILES string of the molecule is C#CCOc1c[c]c(Cl)cc1Cl. The van der Waals surface area contributed by atoms with Crippen molar-refractivity contribution in [2.24, 2.45) is 0 Å². The molecule has 1 rings (SSSR count). The van der Waals surface area contributed by atoms with Crippen molar-refractivity contribution in [3.63, 3.8) is 0 Å². The van der Waals surface area contributed by atoms with E-state index in [1.165, 1.54) is 0 Å². The monoisotopic (exact) mass is 199 g/mol. The summed E-state index contributed by atoms with van der Waals surface area (Å²) in [5.41, 5.74) is 0. The Labute approximate surface area is 81.2 Å². The maximum atomic E-state index is 5.77. The Bertz CT molecular complexity index is 315. The quantitative estimate of drug-likeness (QED) is 0.667.